The molecule has 2 aromatic rings. The van der Waals surface area contributed by atoms with E-state index < -0.39 is 17.4 Å². The van der Waals surface area contributed by atoms with Gasteiger partial charge in [-0.1, -0.05) is 24.3 Å². The molecule has 0 aliphatic carbocycles. The Morgan fingerprint density at radius 1 is 1.05 bits per heavy atom. The van der Waals surface area contributed by atoms with E-state index in [1.807, 2.05) is 30.3 Å². The van der Waals surface area contributed by atoms with Crippen LogP contribution in [-0.4, -0.2) is 6.21 Å². The summed E-state index contributed by atoms with van der Waals surface area (Å²) in [7, 11) is 0. The molecule has 0 saturated heterocycles. The molecule has 1 heterocycles. The van der Waals surface area contributed by atoms with Crippen molar-refractivity contribution in [2.24, 2.45) is 10.7 Å². The van der Waals surface area contributed by atoms with Crippen LogP contribution in [-0.2, 0) is 5.79 Å². The number of hydrogen-bond donors (Lipinski definition) is 3. The van der Waals surface area contributed by atoms with Gasteiger partial charge < -0.3 is 10.6 Å². The summed E-state index contributed by atoms with van der Waals surface area (Å²) in [5.74, 6) is -2.65. The summed E-state index contributed by atoms with van der Waals surface area (Å²) in [5, 5.41) is 6.12. The van der Waals surface area contributed by atoms with Crippen molar-refractivity contribution in [3.63, 3.8) is 0 Å². The summed E-state index contributed by atoms with van der Waals surface area (Å²) in [6.07, 6.45) is 3.22. The Kier molecular flexibility index (Phi) is 3.60. The average Bonchev–Trinajstić information content (AvgIpc) is 2.51. The highest BCUT2D eigenvalue weighted by molar-refractivity contribution is 5.75. The van der Waals surface area contributed by atoms with Gasteiger partial charge in [-0.3, -0.25) is 5.73 Å². The van der Waals surface area contributed by atoms with Crippen LogP contribution in [0, 0.1) is 11.6 Å². The van der Waals surface area contributed by atoms with Crippen molar-refractivity contribution >= 4 is 11.9 Å². The maximum atomic E-state index is 13.4. The monoisotopic (exact) mass is 300 g/mol. The molecule has 1 aliphatic heterocycles. The lowest BCUT2D eigenvalue weighted by atomic mass is 10.1. The normalized spacial score (nSPS) is 20.2. The van der Waals surface area contributed by atoms with Crippen molar-refractivity contribution in [3.8, 4) is 0 Å². The van der Waals surface area contributed by atoms with Crippen molar-refractivity contribution in [1.82, 2.24) is 5.32 Å². The molecule has 22 heavy (non-hydrogen) atoms. The fourth-order valence-electron chi connectivity index (χ4n) is 2.14. The Morgan fingerprint density at radius 2 is 1.82 bits per heavy atom. The van der Waals surface area contributed by atoms with E-state index in [1.54, 1.807) is 6.08 Å². The number of rotatable bonds is 3. The molecule has 0 amide bonds. The zero-order valence-electron chi connectivity index (χ0n) is 11.6. The first-order valence-electron chi connectivity index (χ1n) is 6.67. The van der Waals surface area contributed by atoms with Crippen LogP contribution in [0.5, 0.6) is 0 Å². The van der Waals surface area contributed by atoms with Crippen LogP contribution >= 0.6 is 0 Å². The fourth-order valence-corrected chi connectivity index (χ4v) is 2.14. The molecule has 3 rings (SSSR count). The van der Waals surface area contributed by atoms with Gasteiger partial charge in [0, 0.05) is 17.5 Å². The highest BCUT2D eigenvalue weighted by atomic mass is 19.2. The smallest absolute Gasteiger partial charge is 0.210 e. The number of nitrogens with one attached hydrogen (secondary N) is 2. The van der Waals surface area contributed by atoms with Crippen LogP contribution in [0.2, 0.25) is 0 Å². The van der Waals surface area contributed by atoms with Crippen LogP contribution < -0.4 is 16.4 Å². The molecular weight excluding hydrogens is 286 g/mol. The van der Waals surface area contributed by atoms with E-state index in [4.69, 9.17) is 5.73 Å². The van der Waals surface area contributed by atoms with Gasteiger partial charge in [0.2, 0.25) is 5.79 Å². The molecular formula is C16H14F2N4. The Hall–Kier alpha value is -2.73. The molecule has 4 nitrogen and oxygen atoms in total. The quantitative estimate of drug-likeness (QED) is 0.816. The fraction of sp³-hybridized carbons (Fsp3) is 0.0625. The molecule has 1 atom stereocenters. The van der Waals surface area contributed by atoms with Crippen molar-refractivity contribution in [2.75, 3.05) is 5.32 Å². The number of aliphatic imine (C=N–C) groups is 1. The molecule has 0 bridgehead atoms. The van der Waals surface area contributed by atoms with Crippen LogP contribution in [0.4, 0.5) is 14.5 Å². The molecule has 0 spiro atoms. The van der Waals surface area contributed by atoms with Crippen molar-refractivity contribution in [2.45, 2.75) is 5.79 Å². The molecule has 112 valence electrons. The Morgan fingerprint density at radius 3 is 2.55 bits per heavy atom. The van der Waals surface area contributed by atoms with Gasteiger partial charge in [-0.2, -0.15) is 0 Å². The zero-order valence-corrected chi connectivity index (χ0v) is 11.6. The summed E-state index contributed by atoms with van der Waals surface area (Å²) < 4.78 is 26.5. The molecule has 2 aromatic carbocycles. The summed E-state index contributed by atoms with van der Waals surface area (Å²) in [6.45, 7) is 0. The van der Waals surface area contributed by atoms with E-state index in [9.17, 15) is 8.78 Å². The number of nitrogens with two attached hydrogens (primary N) is 1. The molecule has 0 aromatic heterocycles. The van der Waals surface area contributed by atoms with Gasteiger partial charge in [0.1, 0.15) is 5.82 Å². The second-order valence-corrected chi connectivity index (χ2v) is 4.87. The molecule has 1 unspecified atom stereocenters. The Labute approximate surface area is 126 Å². The first-order valence-corrected chi connectivity index (χ1v) is 6.67. The number of halogens is 2. The lowest BCUT2D eigenvalue weighted by Crippen LogP contribution is -2.51. The van der Waals surface area contributed by atoms with Crippen LogP contribution in [0.3, 0.4) is 0 Å². The highest BCUT2D eigenvalue weighted by Crippen LogP contribution is 2.23. The number of benzene rings is 2. The minimum atomic E-state index is -1.36. The van der Waals surface area contributed by atoms with Gasteiger partial charge in [0.25, 0.3) is 0 Å². The van der Waals surface area contributed by atoms with E-state index in [1.165, 1.54) is 12.3 Å². The summed E-state index contributed by atoms with van der Waals surface area (Å²) in [5.41, 5.74) is 7.35. The number of anilines is 1. The third kappa shape index (κ3) is 2.82. The van der Waals surface area contributed by atoms with Crippen LogP contribution in [0.15, 0.2) is 65.4 Å². The standard InChI is InChI=1S/C16H14F2N4/c17-13-7-6-11(10-14(13)18)16(19)20-9-8-15(22-16)21-12-4-2-1-3-5-12/h1-10,21-22H,19H2. The SMILES string of the molecule is NC1(c2ccc(F)c(F)c2)N=CC=C(Nc2ccccc2)N1. The molecule has 4 N–H and O–H groups in total. The maximum absolute atomic E-state index is 13.4. The molecule has 6 heteroatoms. The van der Waals surface area contributed by atoms with Gasteiger partial charge in [-0.05, 0) is 30.3 Å². The number of nitrogens with zero attached hydrogens (tertiary/aromatic N) is 1. The third-order valence-electron chi connectivity index (χ3n) is 3.26. The van der Waals surface area contributed by atoms with Gasteiger partial charge in [-0.15, -0.1) is 0 Å². The summed E-state index contributed by atoms with van der Waals surface area (Å²) in [4.78, 5) is 4.13. The van der Waals surface area contributed by atoms with Crippen molar-refractivity contribution in [3.05, 3.63) is 77.6 Å². The minimum Gasteiger partial charge on any atom is -0.342 e. The predicted molar refractivity (Wildman–Crippen MR) is 82.0 cm³/mol. The molecule has 0 fully saturated rings. The van der Waals surface area contributed by atoms with E-state index in [0.29, 0.717) is 11.4 Å². The topological polar surface area (TPSA) is 62.4 Å². The van der Waals surface area contributed by atoms with Crippen molar-refractivity contribution in [1.29, 1.82) is 0 Å². The largest absolute Gasteiger partial charge is 0.342 e. The lowest BCUT2D eigenvalue weighted by molar-refractivity contribution is 0.393. The van der Waals surface area contributed by atoms with Gasteiger partial charge in [0.05, 0.1) is 0 Å². The van der Waals surface area contributed by atoms with E-state index in [0.717, 1.165) is 17.8 Å². The van der Waals surface area contributed by atoms with Gasteiger partial charge in [-0.25, -0.2) is 13.8 Å². The molecule has 0 radical (unpaired) electrons. The van der Waals surface area contributed by atoms with E-state index >= 15 is 0 Å². The second-order valence-electron chi connectivity index (χ2n) is 4.87. The van der Waals surface area contributed by atoms with E-state index in [-0.39, 0.29) is 0 Å². The van der Waals surface area contributed by atoms with Gasteiger partial charge in [0.15, 0.2) is 11.6 Å². The lowest BCUT2D eigenvalue weighted by Gasteiger charge is -2.31. The second kappa shape index (κ2) is 5.57. The van der Waals surface area contributed by atoms with Crippen LogP contribution in [0.1, 0.15) is 5.56 Å². The Bertz CT molecular complexity index is 743. The Balaban J connectivity index is 1.83. The highest BCUT2D eigenvalue weighted by Gasteiger charge is 2.29. The third-order valence-corrected chi connectivity index (χ3v) is 3.26. The van der Waals surface area contributed by atoms with Gasteiger partial charge >= 0.3 is 0 Å². The maximum Gasteiger partial charge on any atom is 0.210 e. The molecule has 1 aliphatic rings. The van der Waals surface area contributed by atoms with Crippen LogP contribution in [0.25, 0.3) is 0 Å². The van der Waals surface area contributed by atoms with Crippen molar-refractivity contribution < 1.29 is 8.78 Å². The number of allylic oxidation sites excluding steroid dienone is 1. The number of para-hydroxylation sites is 1. The first kappa shape index (κ1) is 14.2. The first-order chi connectivity index (χ1) is 10.6. The van der Waals surface area contributed by atoms with E-state index in [2.05, 4.69) is 15.6 Å². The molecule has 0 saturated carbocycles. The summed E-state index contributed by atoms with van der Waals surface area (Å²) >= 11 is 0. The average molecular weight is 300 g/mol. The minimum absolute atomic E-state index is 0.322. The zero-order chi connectivity index (χ0) is 15.6. The summed E-state index contributed by atoms with van der Waals surface area (Å²) in [6, 6.07) is 12.9. The predicted octanol–water partition coefficient (Wildman–Crippen LogP) is 2.66. The number of hydrogen-bond acceptors (Lipinski definition) is 4.